The van der Waals surface area contributed by atoms with Crippen molar-refractivity contribution >= 4 is 28.3 Å². The van der Waals surface area contributed by atoms with Crippen LogP contribution in [0.15, 0.2) is 51.7 Å². The van der Waals surface area contributed by atoms with Gasteiger partial charge >= 0.3 is 5.63 Å². The highest BCUT2D eigenvalue weighted by molar-refractivity contribution is 5.85. The van der Waals surface area contributed by atoms with Gasteiger partial charge in [-0.3, -0.25) is 14.9 Å². The second-order valence-corrected chi connectivity index (χ2v) is 6.68. The second-order valence-electron chi connectivity index (χ2n) is 6.68. The molecular formula is C21H21N3O6. The smallest absolute Gasteiger partial charge is 0.336 e. The molecule has 0 atom stereocenters. The number of benzene rings is 2. The van der Waals surface area contributed by atoms with Gasteiger partial charge in [0.2, 0.25) is 0 Å². The Morgan fingerprint density at radius 3 is 2.57 bits per heavy atom. The summed E-state index contributed by atoms with van der Waals surface area (Å²) in [6, 6.07) is 11.0. The number of carbonyl (C=O) groups excluding carboxylic acids is 1. The maximum Gasteiger partial charge on any atom is 0.336 e. The van der Waals surface area contributed by atoms with Crippen molar-refractivity contribution in [3.05, 3.63) is 74.1 Å². The molecule has 0 aliphatic heterocycles. The van der Waals surface area contributed by atoms with E-state index in [2.05, 4.69) is 10.6 Å². The predicted octanol–water partition coefficient (Wildman–Crippen LogP) is 2.93. The first-order chi connectivity index (χ1) is 14.3. The molecule has 0 unspecified atom stereocenters. The van der Waals surface area contributed by atoms with E-state index in [-0.39, 0.29) is 18.2 Å². The summed E-state index contributed by atoms with van der Waals surface area (Å²) in [7, 11) is 0. The summed E-state index contributed by atoms with van der Waals surface area (Å²) < 4.78 is 10.9. The number of nitro groups is 1. The van der Waals surface area contributed by atoms with Crippen LogP contribution in [0.5, 0.6) is 5.75 Å². The standard InChI is InChI=1S/C21H21N3O6/c1-13-11-20(26)30-21-14(2)18(8-7-17(13)21)29-12-19(25)23-10-9-22-15-3-5-16(6-4-15)24(27)28/h3-8,11,22H,9-10,12H2,1-2H3,(H,23,25). The normalized spacial score (nSPS) is 10.6. The largest absolute Gasteiger partial charge is 0.483 e. The minimum absolute atomic E-state index is 0.0180. The zero-order chi connectivity index (χ0) is 21.7. The van der Waals surface area contributed by atoms with E-state index in [0.29, 0.717) is 30.0 Å². The van der Waals surface area contributed by atoms with Crippen LogP contribution in [0.1, 0.15) is 11.1 Å². The van der Waals surface area contributed by atoms with Crippen molar-refractivity contribution in [3.8, 4) is 5.75 Å². The van der Waals surface area contributed by atoms with Crippen molar-refractivity contribution in [2.24, 2.45) is 0 Å². The SMILES string of the molecule is Cc1cc(=O)oc2c(C)c(OCC(=O)NCCNc3ccc([N+](=O)[O-])cc3)ccc12. The molecule has 0 aliphatic carbocycles. The number of anilines is 1. The molecule has 30 heavy (non-hydrogen) atoms. The van der Waals surface area contributed by atoms with Gasteiger partial charge in [-0.05, 0) is 43.7 Å². The Kier molecular flexibility index (Phi) is 6.31. The third kappa shape index (κ3) is 4.93. The van der Waals surface area contributed by atoms with E-state index in [1.54, 1.807) is 31.2 Å². The Hall–Kier alpha value is -3.88. The lowest BCUT2D eigenvalue weighted by molar-refractivity contribution is -0.384. The van der Waals surface area contributed by atoms with Crippen LogP contribution in [0, 0.1) is 24.0 Å². The Labute approximate surface area is 171 Å². The number of nitrogens with zero attached hydrogens (tertiary/aromatic N) is 1. The van der Waals surface area contributed by atoms with Gasteiger partial charge < -0.3 is 19.8 Å². The van der Waals surface area contributed by atoms with Crippen molar-refractivity contribution in [2.75, 3.05) is 25.0 Å². The summed E-state index contributed by atoms with van der Waals surface area (Å²) in [5.74, 6) is 0.168. The average Bonchev–Trinajstić information content (AvgIpc) is 2.71. The molecule has 1 aromatic heterocycles. The molecule has 0 fully saturated rings. The molecule has 156 valence electrons. The lowest BCUT2D eigenvalue weighted by Crippen LogP contribution is -2.32. The summed E-state index contributed by atoms with van der Waals surface area (Å²) >= 11 is 0. The minimum atomic E-state index is -0.462. The number of rotatable bonds is 8. The predicted molar refractivity (Wildman–Crippen MR) is 112 cm³/mol. The van der Waals surface area contributed by atoms with Crippen LogP contribution >= 0.6 is 0 Å². The van der Waals surface area contributed by atoms with E-state index < -0.39 is 10.5 Å². The third-order valence-electron chi connectivity index (χ3n) is 4.53. The van der Waals surface area contributed by atoms with Gasteiger partial charge in [-0.1, -0.05) is 0 Å². The number of hydrogen-bond donors (Lipinski definition) is 2. The monoisotopic (exact) mass is 411 g/mol. The maximum absolute atomic E-state index is 12.0. The van der Waals surface area contributed by atoms with E-state index in [4.69, 9.17) is 9.15 Å². The number of amides is 1. The van der Waals surface area contributed by atoms with Crippen molar-refractivity contribution < 1.29 is 18.9 Å². The molecule has 0 spiro atoms. The number of carbonyl (C=O) groups is 1. The van der Waals surface area contributed by atoms with E-state index in [1.165, 1.54) is 18.2 Å². The number of nitrogens with one attached hydrogen (secondary N) is 2. The molecule has 0 bridgehead atoms. The fourth-order valence-electron chi connectivity index (χ4n) is 2.96. The van der Waals surface area contributed by atoms with Gasteiger partial charge in [-0.15, -0.1) is 0 Å². The van der Waals surface area contributed by atoms with E-state index >= 15 is 0 Å². The lowest BCUT2D eigenvalue weighted by Gasteiger charge is -2.12. The number of ether oxygens (including phenoxy) is 1. The first kappa shape index (κ1) is 20.8. The zero-order valence-electron chi connectivity index (χ0n) is 16.6. The van der Waals surface area contributed by atoms with Crippen molar-refractivity contribution in [1.29, 1.82) is 0 Å². The van der Waals surface area contributed by atoms with Crippen LogP contribution in [0.25, 0.3) is 11.0 Å². The fraction of sp³-hybridized carbons (Fsp3) is 0.238. The van der Waals surface area contributed by atoms with Crippen molar-refractivity contribution in [2.45, 2.75) is 13.8 Å². The second kappa shape index (κ2) is 9.08. The molecule has 0 aliphatic rings. The molecule has 2 aromatic carbocycles. The van der Waals surface area contributed by atoms with E-state index in [1.807, 2.05) is 6.92 Å². The van der Waals surface area contributed by atoms with Crippen molar-refractivity contribution in [1.82, 2.24) is 5.32 Å². The number of aryl methyl sites for hydroxylation is 2. The van der Waals surface area contributed by atoms with Crippen LogP contribution in [0.2, 0.25) is 0 Å². The summed E-state index contributed by atoms with van der Waals surface area (Å²) in [6.07, 6.45) is 0. The minimum Gasteiger partial charge on any atom is -0.483 e. The molecule has 9 heteroatoms. The average molecular weight is 411 g/mol. The molecule has 1 amide bonds. The van der Waals surface area contributed by atoms with Gasteiger partial charge in [-0.25, -0.2) is 4.79 Å². The topological polar surface area (TPSA) is 124 Å². The molecule has 3 aromatic rings. The quantitative estimate of drug-likeness (QED) is 0.253. The highest BCUT2D eigenvalue weighted by Gasteiger charge is 2.11. The first-order valence-corrected chi connectivity index (χ1v) is 9.27. The highest BCUT2D eigenvalue weighted by Crippen LogP contribution is 2.28. The summed E-state index contributed by atoms with van der Waals surface area (Å²) in [5.41, 5.74) is 2.22. The fourth-order valence-corrected chi connectivity index (χ4v) is 2.96. The van der Waals surface area contributed by atoms with E-state index in [9.17, 15) is 19.7 Å². The Morgan fingerprint density at radius 1 is 1.13 bits per heavy atom. The third-order valence-corrected chi connectivity index (χ3v) is 4.53. The van der Waals surface area contributed by atoms with Crippen molar-refractivity contribution in [3.63, 3.8) is 0 Å². The number of nitro benzene ring substituents is 1. The van der Waals surface area contributed by atoms with Gasteiger partial charge in [0.1, 0.15) is 11.3 Å². The van der Waals surface area contributed by atoms with Gasteiger partial charge in [0.25, 0.3) is 11.6 Å². The Bertz CT molecular complexity index is 1140. The Morgan fingerprint density at radius 2 is 1.87 bits per heavy atom. The Balaban J connectivity index is 1.48. The molecule has 3 rings (SSSR count). The van der Waals surface area contributed by atoms with Crippen LogP contribution in [0.3, 0.4) is 0 Å². The molecule has 0 saturated heterocycles. The molecule has 2 N–H and O–H groups in total. The van der Waals surface area contributed by atoms with E-state index in [0.717, 1.165) is 16.6 Å². The number of hydrogen-bond acceptors (Lipinski definition) is 7. The van der Waals surface area contributed by atoms with Crippen LogP contribution < -0.4 is 21.0 Å². The van der Waals surface area contributed by atoms with Gasteiger partial charge in [0.05, 0.1) is 4.92 Å². The molecule has 9 nitrogen and oxygen atoms in total. The highest BCUT2D eigenvalue weighted by atomic mass is 16.6. The lowest BCUT2D eigenvalue weighted by atomic mass is 10.1. The van der Waals surface area contributed by atoms with Gasteiger partial charge in [-0.2, -0.15) is 0 Å². The summed E-state index contributed by atoms with van der Waals surface area (Å²) in [5, 5.41) is 17.2. The molecule has 0 radical (unpaired) electrons. The molecule has 1 heterocycles. The van der Waals surface area contributed by atoms with Crippen LogP contribution in [-0.4, -0.2) is 30.5 Å². The molecular weight excluding hydrogens is 390 g/mol. The summed E-state index contributed by atoms with van der Waals surface area (Å²) in [4.78, 5) is 33.8. The van der Waals surface area contributed by atoms with Crippen LogP contribution in [0.4, 0.5) is 11.4 Å². The van der Waals surface area contributed by atoms with Crippen LogP contribution in [-0.2, 0) is 4.79 Å². The molecule has 0 saturated carbocycles. The van der Waals surface area contributed by atoms with Gasteiger partial charge in [0, 0.05) is 47.9 Å². The maximum atomic E-state index is 12.0. The van der Waals surface area contributed by atoms with Gasteiger partial charge in [0.15, 0.2) is 6.61 Å². The first-order valence-electron chi connectivity index (χ1n) is 9.27. The number of fused-ring (bicyclic) bond motifs is 1. The number of non-ortho nitro benzene ring substituents is 1. The zero-order valence-corrected chi connectivity index (χ0v) is 16.6. The summed E-state index contributed by atoms with van der Waals surface area (Å²) in [6.45, 7) is 4.22.